The number of nitrogens with zero attached hydrogens (tertiary/aromatic N) is 3. The number of ether oxygens (including phenoxy) is 1. The number of hydrogen-bond donors (Lipinski definition) is 1. The van der Waals surface area contributed by atoms with E-state index in [1.54, 1.807) is 0 Å². The van der Waals surface area contributed by atoms with Gasteiger partial charge in [0, 0.05) is 19.2 Å². The number of alkyl halides is 3. The number of carbonyl (C=O) groups is 1. The van der Waals surface area contributed by atoms with Crippen LogP contribution in [0.5, 0.6) is 5.88 Å². The number of methoxy groups -OCH3 is 1. The summed E-state index contributed by atoms with van der Waals surface area (Å²) in [4.78, 5) is 21.3. The van der Waals surface area contributed by atoms with Crippen LogP contribution in [0.25, 0.3) is 0 Å². The summed E-state index contributed by atoms with van der Waals surface area (Å²) in [6, 6.07) is 0.949. The molecule has 0 radical (unpaired) electrons. The second-order valence-electron chi connectivity index (χ2n) is 6.17. The lowest BCUT2D eigenvalue weighted by Crippen LogP contribution is -2.53. The standard InChI is InChI=1S/C14H19F3N4O2/c1-13(2)7-21(5-4-9(13)14(15,16)17)12(22)20-10-6-11(23-3)19-8-18-10/h6,8-9H,4-5,7H2,1-3H3,(H,18,19,20,22)/t9-/m0/s1. The van der Waals surface area contributed by atoms with E-state index in [1.807, 2.05) is 0 Å². The lowest BCUT2D eigenvalue weighted by molar-refractivity contribution is -0.214. The number of likely N-dealkylation sites (tertiary alicyclic amines) is 1. The van der Waals surface area contributed by atoms with Crippen LogP contribution in [0.4, 0.5) is 23.8 Å². The first kappa shape index (κ1) is 17.3. The van der Waals surface area contributed by atoms with Gasteiger partial charge in [0.05, 0.1) is 13.0 Å². The zero-order chi connectivity index (χ0) is 17.3. The first-order valence-electron chi connectivity index (χ1n) is 7.12. The van der Waals surface area contributed by atoms with Gasteiger partial charge in [0.2, 0.25) is 5.88 Å². The number of halogens is 3. The van der Waals surface area contributed by atoms with Crippen molar-refractivity contribution in [1.82, 2.24) is 14.9 Å². The number of urea groups is 1. The SMILES string of the molecule is COc1cc(NC(=O)N2CC[C@H](C(F)(F)F)C(C)(C)C2)ncn1. The zero-order valence-corrected chi connectivity index (χ0v) is 13.1. The maximum atomic E-state index is 13.0. The van der Waals surface area contributed by atoms with Crippen LogP contribution in [0.1, 0.15) is 20.3 Å². The van der Waals surface area contributed by atoms with Crippen LogP contribution in [-0.4, -0.2) is 47.3 Å². The van der Waals surface area contributed by atoms with Gasteiger partial charge in [0.25, 0.3) is 0 Å². The minimum Gasteiger partial charge on any atom is -0.481 e. The molecule has 0 unspecified atom stereocenters. The van der Waals surface area contributed by atoms with Gasteiger partial charge in [-0.25, -0.2) is 14.8 Å². The van der Waals surface area contributed by atoms with Crippen LogP contribution >= 0.6 is 0 Å². The van der Waals surface area contributed by atoms with Crippen molar-refractivity contribution in [3.63, 3.8) is 0 Å². The average Bonchev–Trinajstić information content (AvgIpc) is 2.44. The third-order valence-electron chi connectivity index (χ3n) is 4.00. The van der Waals surface area contributed by atoms with Crippen LogP contribution in [0, 0.1) is 11.3 Å². The molecule has 2 rings (SSSR count). The molecular weight excluding hydrogens is 313 g/mol. The fourth-order valence-corrected chi connectivity index (χ4v) is 2.84. The summed E-state index contributed by atoms with van der Waals surface area (Å²) in [6.45, 7) is 3.11. The third-order valence-corrected chi connectivity index (χ3v) is 4.00. The Morgan fingerprint density at radius 2 is 2.13 bits per heavy atom. The molecule has 23 heavy (non-hydrogen) atoms. The normalized spacial score (nSPS) is 21.0. The highest BCUT2D eigenvalue weighted by Crippen LogP contribution is 2.45. The van der Waals surface area contributed by atoms with E-state index >= 15 is 0 Å². The summed E-state index contributed by atoms with van der Waals surface area (Å²) in [5.41, 5.74) is -1.04. The Hall–Kier alpha value is -2.06. The molecule has 1 aliphatic rings. The smallest absolute Gasteiger partial charge is 0.392 e. The lowest BCUT2D eigenvalue weighted by atomic mass is 9.73. The number of nitrogens with one attached hydrogen (secondary N) is 1. The first-order chi connectivity index (χ1) is 10.6. The summed E-state index contributed by atoms with van der Waals surface area (Å²) in [6.07, 6.45) is -3.14. The predicted octanol–water partition coefficient (Wildman–Crippen LogP) is 2.93. The number of piperidine rings is 1. The Morgan fingerprint density at radius 3 is 2.70 bits per heavy atom. The molecule has 2 amide bonds. The summed E-state index contributed by atoms with van der Waals surface area (Å²) < 4.78 is 44.1. The molecule has 1 atom stereocenters. The molecule has 0 bridgehead atoms. The van der Waals surface area contributed by atoms with Gasteiger partial charge in [0.15, 0.2) is 0 Å². The Balaban J connectivity index is 2.04. The molecule has 0 spiro atoms. The Labute approximate surface area is 132 Å². The highest BCUT2D eigenvalue weighted by atomic mass is 19.4. The van der Waals surface area contributed by atoms with Crippen molar-refractivity contribution in [1.29, 1.82) is 0 Å². The summed E-state index contributed by atoms with van der Waals surface area (Å²) in [5, 5.41) is 2.55. The number of rotatable bonds is 2. The van der Waals surface area contributed by atoms with E-state index in [0.717, 1.165) is 0 Å². The van der Waals surface area contributed by atoms with Gasteiger partial charge in [0.1, 0.15) is 12.1 Å². The number of amides is 2. The quantitative estimate of drug-likeness (QED) is 0.904. The molecule has 1 aromatic rings. The molecule has 9 heteroatoms. The van der Waals surface area contributed by atoms with E-state index in [0.29, 0.717) is 0 Å². The summed E-state index contributed by atoms with van der Waals surface area (Å²) in [7, 11) is 1.43. The first-order valence-corrected chi connectivity index (χ1v) is 7.12. The van der Waals surface area contributed by atoms with Gasteiger partial charge in [-0.1, -0.05) is 13.8 Å². The Morgan fingerprint density at radius 1 is 1.43 bits per heavy atom. The summed E-state index contributed by atoms with van der Waals surface area (Å²) >= 11 is 0. The Bertz CT molecular complexity index is 577. The van der Waals surface area contributed by atoms with Gasteiger partial charge in [-0.15, -0.1) is 0 Å². The third kappa shape index (κ3) is 4.02. The molecule has 1 saturated heterocycles. The highest BCUT2D eigenvalue weighted by Gasteiger charge is 2.51. The van der Waals surface area contributed by atoms with E-state index in [1.165, 1.54) is 38.3 Å². The van der Waals surface area contributed by atoms with Crippen molar-refractivity contribution in [3.8, 4) is 5.88 Å². The van der Waals surface area contributed by atoms with E-state index < -0.39 is 23.5 Å². The van der Waals surface area contributed by atoms with Crippen LogP contribution in [-0.2, 0) is 0 Å². The van der Waals surface area contributed by atoms with Gasteiger partial charge in [-0.2, -0.15) is 13.2 Å². The van der Waals surface area contributed by atoms with Crippen LogP contribution in [0.2, 0.25) is 0 Å². The van der Waals surface area contributed by atoms with Crippen molar-refractivity contribution in [2.45, 2.75) is 26.4 Å². The maximum Gasteiger partial charge on any atom is 0.392 e. The fourth-order valence-electron chi connectivity index (χ4n) is 2.84. The predicted molar refractivity (Wildman–Crippen MR) is 77.1 cm³/mol. The molecular formula is C14H19F3N4O2. The van der Waals surface area contributed by atoms with Crippen molar-refractivity contribution >= 4 is 11.8 Å². The second-order valence-corrected chi connectivity index (χ2v) is 6.17. The van der Waals surface area contributed by atoms with E-state index in [2.05, 4.69) is 15.3 Å². The maximum absolute atomic E-state index is 13.0. The second kappa shape index (κ2) is 6.21. The average molecular weight is 332 g/mol. The molecule has 0 aliphatic carbocycles. The molecule has 6 nitrogen and oxygen atoms in total. The monoisotopic (exact) mass is 332 g/mol. The minimum absolute atomic E-state index is 0.0191. The van der Waals surface area contributed by atoms with Crippen LogP contribution in [0.15, 0.2) is 12.4 Å². The molecule has 1 aliphatic heterocycles. The number of aromatic nitrogens is 2. The van der Waals surface area contributed by atoms with Crippen LogP contribution in [0.3, 0.4) is 0 Å². The van der Waals surface area contributed by atoms with Gasteiger partial charge in [-0.05, 0) is 11.8 Å². The molecule has 0 saturated carbocycles. The topological polar surface area (TPSA) is 67.3 Å². The van der Waals surface area contributed by atoms with E-state index in [-0.39, 0.29) is 31.2 Å². The van der Waals surface area contributed by atoms with Crippen molar-refractivity contribution in [3.05, 3.63) is 12.4 Å². The highest BCUT2D eigenvalue weighted by molar-refractivity contribution is 5.88. The van der Waals surface area contributed by atoms with Crippen molar-refractivity contribution in [2.75, 3.05) is 25.5 Å². The molecule has 1 N–H and O–H groups in total. The molecule has 0 aromatic carbocycles. The molecule has 1 aromatic heterocycles. The van der Waals surface area contributed by atoms with Gasteiger partial charge >= 0.3 is 12.2 Å². The van der Waals surface area contributed by atoms with E-state index in [9.17, 15) is 18.0 Å². The lowest BCUT2D eigenvalue weighted by Gasteiger charge is -2.44. The molecule has 128 valence electrons. The number of hydrogen-bond acceptors (Lipinski definition) is 4. The number of carbonyl (C=O) groups excluding carboxylic acids is 1. The van der Waals surface area contributed by atoms with Crippen molar-refractivity contribution in [2.24, 2.45) is 11.3 Å². The van der Waals surface area contributed by atoms with Gasteiger partial charge < -0.3 is 9.64 Å². The van der Waals surface area contributed by atoms with Crippen molar-refractivity contribution < 1.29 is 22.7 Å². The largest absolute Gasteiger partial charge is 0.481 e. The minimum atomic E-state index is -4.26. The molecule has 2 heterocycles. The Kier molecular flexibility index (Phi) is 4.67. The van der Waals surface area contributed by atoms with Crippen LogP contribution < -0.4 is 10.1 Å². The number of anilines is 1. The van der Waals surface area contributed by atoms with E-state index in [4.69, 9.17) is 4.74 Å². The summed E-state index contributed by atoms with van der Waals surface area (Å²) in [5.74, 6) is -0.901. The fraction of sp³-hybridized carbons (Fsp3) is 0.643. The van der Waals surface area contributed by atoms with Gasteiger partial charge in [-0.3, -0.25) is 5.32 Å². The zero-order valence-electron chi connectivity index (χ0n) is 13.1. The molecule has 1 fully saturated rings.